The van der Waals surface area contributed by atoms with Crippen molar-refractivity contribution in [3.05, 3.63) is 66.4 Å². The van der Waals surface area contributed by atoms with Crippen molar-refractivity contribution in [2.45, 2.75) is 0 Å². The number of hydrogen-bond acceptors (Lipinski definition) is 8. The van der Waals surface area contributed by atoms with Crippen molar-refractivity contribution in [3.8, 4) is 11.5 Å². The van der Waals surface area contributed by atoms with E-state index < -0.39 is 0 Å². The molecular formula is C24H23N5O4. The molecule has 0 atom stereocenters. The summed E-state index contributed by atoms with van der Waals surface area (Å²) in [7, 11) is 0. The van der Waals surface area contributed by atoms with Gasteiger partial charge in [0.2, 0.25) is 12.7 Å². The number of carbonyl (C=O) groups is 1. The van der Waals surface area contributed by atoms with E-state index in [1.807, 2.05) is 48.5 Å². The molecule has 0 saturated carbocycles. The number of rotatable bonds is 6. The van der Waals surface area contributed by atoms with Crippen molar-refractivity contribution >= 4 is 34.9 Å². The summed E-state index contributed by atoms with van der Waals surface area (Å²) in [5.74, 6) is 1.82. The highest BCUT2D eigenvalue weighted by Crippen LogP contribution is 2.32. The van der Waals surface area contributed by atoms with Crippen LogP contribution in [0.1, 0.15) is 5.56 Å². The number of ether oxygens (including phenoxy) is 3. The Bertz CT molecular complexity index is 1160. The molecule has 0 radical (unpaired) electrons. The van der Waals surface area contributed by atoms with Gasteiger partial charge >= 0.3 is 0 Å². The zero-order valence-electron chi connectivity index (χ0n) is 17.9. The van der Waals surface area contributed by atoms with Gasteiger partial charge in [-0.1, -0.05) is 6.07 Å². The van der Waals surface area contributed by atoms with Crippen molar-refractivity contribution in [1.29, 1.82) is 0 Å². The van der Waals surface area contributed by atoms with Crippen molar-refractivity contribution in [2.24, 2.45) is 0 Å². The lowest BCUT2D eigenvalue weighted by Crippen LogP contribution is -2.36. The predicted octanol–water partition coefficient (Wildman–Crippen LogP) is 3.44. The molecule has 5 rings (SSSR count). The highest BCUT2D eigenvalue weighted by molar-refractivity contribution is 6.02. The average molecular weight is 445 g/mol. The SMILES string of the molecule is O=C(/C=C/c1ccc2c(c1)OCO2)Nc1ccc(Nc2cc(N3CCOCC3)cnn2)cc1. The molecule has 1 amide bonds. The third kappa shape index (κ3) is 5.21. The number of anilines is 4. The van der Waals surface area contributed by atoms with Crippen LogP contribution < -0.4 is 25.0 Å². The molecular weight excluding hydrogens is 422 g/mol. The minimum Gasteiger partial charge on any atom is -0.454 e. The van der Waals surface area contributed by atoms with Gasteiger partial charge in [0.05, 0.1) is 25.1 Å². The number of carbonyl (C=O) groups excluding carboxylic acids is 1. The van der Waals surface area contributed by atoms with Crippen molar-refractivity contribution in [2.75, 3.05) is 48.6 Å². The molecule has 9 nitrogen and oxygen atoms in total. The fraction of sp³-hybridized carbons (Fsp3) is 0.208. The quantitative estimate of drug-likeness (QED) is 0.557. The summed E-state index contributed by atoms with van der Waals surface area (Å²) in [4.78, 5) is 14.5. The van der Waals surface area contributed by atoms with E-state index in [0.29, 0.717) is 36.2 Å². The maximum atomic E-state index is 12.3. The first kappa shape index (κ1) is 20.8. The van der Waals surface area contributed by atoms with Gasteiger partial charge in [0.1, 0.15) is 0 Å². The summed E-state index contributed by atoms with van der Waals surface area (Å²) in [6.07, 6.45) is 4.97. The van der Waals surface area contributed by atoms with E-state index in [0.717, 1.165) is 30.0 Å². The minimum absolute atomic E-state index is 0.222. The van der Waals surface area contributed by atoms with Gasteiger partial charge in [0.25, 0.3) is 0 Å². The lowest BCUT2D eigenvalue weighted by atomic mass is 10.2. The Labute approximate surface area is 191 Å². The summed E-state index contributed by atoms with van der Waals surface area (Å²) < 4.78 is 16.1. The van der Waals surface area contributed by atoms with Crippen LogP contribution in [0, 0.1) is 0 Å². The number of nitrogens with one attached hydrogen (secondary N) is 2. The summed E-state index contributed by atoms with van der Waals surface area (Å²) in [6, 6.07) is 14.9. The molecule has 168 valence electrons. The first-order valence-corrected chi connectivity index (χ1v) is 10.6. The van der Waals surface area contributed by atoms with Crippen LogP contribution in [0.4, 0.5) is 22.9 Å². The Morgan fingerprint density at radius 1 is 0.970 bits per heavy atom. The zero-order valence-corrected chi connectivity index (χ0v) is 17.9. The largest absolute Gasteiger partial charge is 0.454 e. The van der Waals surface area contributed by atoms with Gasteiger partial charge in [-0.25, -0.2) is 0 Å². The number of fused-ring (bicyclic) bond motifs is 1. The first-order chi connectivity index (χ1) is 16.2. The van der Waals surface area contributed by atoms with Crippen LogP contribution in [0.25, 0.3) is 6.08 Å². The molecule has 9 heteroatoms. The summed E-state index contributed by atoms with van der Waals surface area (Å²) in [5.41, 5.74) is 3.40. The van der Waals surface area contributed by atoms with E-state index in [4.69, 9.17) is 14.2 Å². The molecule has 2 aliphatic rings. The van der Waals surface area contributed by atoms with E-state index in [1.54, 1.807) is 12.3 Å². The fourth-order valence-electron chi connectivity index (χ4n) is 3.57. The van der Waals surface area contributed by atoms with E-state index in [9.17, 15) is 4.79 Å². The van der Waals surface area contributed by atoms with Crippen LogP contribution in [0.2, 0.25) is 0 Å². The molecule has 0 bridgehead atoms. The van der Waals surface area contributed by atoms with Crippen LogP contribution in [0.15, 0.2) is 60.8 Å². The number of nitrogens with zero attached hydrogens (tertiary/aromatic N) is 3. The molecule has 1 saturated heterocycles. The number of aromatic nitrogens is 2. The van der Waals surface area contributed by atoms with Crippen LogP contribution in [0.5, 0.6) is 11.5 Å². The Morgan fingerprint density at radius 2 is 1.76 bits per heavy atom. The van der Waals surface area contributed by atoms with Crippen LogP contribution in [-0.4, -0.2) is 49.2 Å². The number of benzene rings is 2. The molecule has 0 unspecified atom stereocenters. The predicted molar refractivity (Wildman–Crippen MR) is 125 cm³/mol. The van der Waals surface area contributed by atoms with Gasteiger partial charge in [-0.15, -0.1) is 5.10 Å². The molecule has 1 aromatic heterocycles. The monoisotopic (exact) mass is 445 g/mol. The molecule has 3 aromatic rings. The molecule has 0 spiro atoms. The van der Waals surface area contributed by atoms with Gasteiger partial charge < -0.3 is 29.7 Å². The molecule has 2 aromatic carbocycles. The molecule has 2 N–H and O–H groups in total. The van der Waals surface area contributed by atoms with Crippen molar-refractivity contribution in [1.82, 2.24) is 10.2 Å². The Morgan fingerprint density at radius 3 is 2.61 bits per heavy atom. The second kappa shape index (κ2) is 9.58. The van der Waals surface area contributed by atoms with Crippen LogP contribution in [0.3, 0.4) is 0 Å². The van der Waals surface area contributed by atoms with Crippen molar-refractivity contribution in [3.63, 3.8) is 0 Å². The standard InChI is InChI=1S/C24H23N5O4/c30-24(8-2-17-1-7-21-22(13-17)33-16-32-21)27-19-5-3-18(4-6-19)26-23-14-20(15-25-28-23)29-9-11-31-12-10-29/h1-8,13-15H,9-12,16H2,(H,26,28)(H,27,30)/b8-2+. The second-order valence-corrected chi connectivity index (χ2v) is 7.54. The second-order valence-electron chi connectivity index (χ2n) is 7.54. The fourth-order valence-corrected chi connectivity index (χ4v) is 3.57. The lowest BCUT2D eigenvalue weighted by molar-refractivity contribution is -0.111. The highest BCUT2D eigenvalue weighted by Gasteiger charge is 2.13. The van der Waals surface area contributed by atoms with Gasteiger partial charge in [-0.05, 0) is 48.0 Å². The van der Waals surface area contributed by atoms with Gasteiger partial charge in [-0.3, -0.25) is 4.79 Å². The maximum Gasteiger partial charge on any atom is 0.248 e. The number of hydrogen-bond donors (Lipinski definition) is 2. The minimum atomic E-state index is -0.225. The van der Waals surface area contributed by atoms with Crippen LogP contribution >= 0.6 is 0 Å². The van der Waals surface area contributed by atoms with Crippen LogP contribution in [-0.2, 0) is 9.53 Å². The third-order valence-corrected chi connectivity index (χ3v) is 5.26. The molecule has 1 fully saturated rings. The molecule has 0 aliphatic carbocycles. The first-order valence-electron chi connectivity index (χ1n) is 10.6. The van der Waals surface area contributed by atoms with E-state index in [1.165, 1.54) is 6.08 Å². The van der Waals surface area contributed by atoms with Crippen molar-refractivity contribution < 1.29 is 19.0 Å². The van der Waals surface area contributed by atoms with Gasteiger partial charge in [0.15, 0.2) is 17.3 Å². The zero-order chi connectivity index (χ0) is 22.5. The Hall–Kier alpha value is -4.11. The third-order valence-electron chi connectivity index (χ3n) is 5.26. The van der Waals surface area contributed by atoms with Gasteiger partial charge in [-0.2, -0.15) is 5.10 Å². The van der Waals surface area contributed by atoms with E-state index in [-0.39, 0.29) is 12.7 Å². The molecule has 2 aliphatic heterocycles. The Balaban J connectivity index is 1.17. The average Bonchev–Trinajstić information content (AvgIpc) is 3.33. The normalized spacial score (nSPS) is 15.0. The van der Waals surface area contributed by atoms with E-state index >= 15 is 0 Å². The highest BCUT2D eigenvalue weighted by atomic mass is 16.7. The van der Waals surface area contributed by atoms with E-state index in [2.05, 4.69) is 25.7 Å². The molecule has 3 heterocycles. The Kier molecular flexibility index (Phi) is 6.03. The summed E-state index contributed by atoms with van der Waals surface area (Å²) in [5, 5.41) is 14.4. The number of morpholine rings is 1. The summed E-state index contributed by atoms with van der Waals surface area (Å²) >= 11 is 0. The summed E-state index contributed by atoms with van der Waals surface area (Å²) in [6.45, 7) is 3.32. The smallest absolute Gasteiger partial charge is 0.248 e. The topological polar surface area (TPSA) is 97.8 Å². The lowest BCUT2D eigenvalue weighted by Gasteiger charge is -2.28. The number of amides is 1. The maximum absolute atomic E-state index is 12.3. The van der Waals surface area contributed by atoms with Gasteiger partial charge in [0, 0.05) is 36.6 Å². The molecule has 33 heavy (non-hydrogen) atoms.